The molecule has 176 valence electrons. The predicted octanol–water partition coefficient (Wildman–Crippen LogP) is 2.99. The summed E-state index contributed by atoms with van der Waals surface area (Å²) in [6.45, 7) is 10.7. The van der Waals surface area contributed by atoms with Crippen LogP contribution in [0.15, 0.2) is 35.6 Å². The quantitative estimate of drug-likeness (QED) is 0.377. The van der Waals surface area contributed by atoms with Gasteiger partial charge in [0.15, 0.2) is 10.8 Å². The largest absolute Gasteiger partial charge is 0.494 e. The lowest BCUT2D eigenvalue weighted by Gasteiger charge is -2.28. The van der Waals surface area contributed by atoms with Crippen LogP contribution in [0.4, 0.5) is 5.82 Å². The van der Waals surface area contributed by atoms with Crippen LogP contribution in [0.3, 0.4) is 0 Å². The minimum absolute atomic E-state index is 0.130. The normalized spacial score (nSPS) is 14.1. The summed E-state index contributed by atoms with van der Waals surface area (Å²) in [5.74, 6) is 1.52. The van der Waals surface area contributed by atoms with Gasteiger partial charge >= 0.3 is 0 Å². The van der Waals surface area contributed by atoms with Crippen molar-refractivity contribution in [1.29, 1.82) is 0 Å². The number of anilines is 1. The van der Waals surface area contributed by atoms with E-state index in [1.165, 1.54) is 0 Å². The van der Waals surface area contributed by atoms with Crippen LogP contribution >= 0.6 is 11.8 Å². The smallest absolute Gasteiger partial charge is 0.251 e. The second kappa shape index (κ2) is 10.8. The maximum Gasteiger partial charge on any atom is 0.251 e. The molecule has 1 aliphatic heterocycles. The number of carbonyl (C=O) groups is 1. The molecule has 3 aromatic rings. The molecule has 9 nitrogen and oxygen atoms in total. The highest BCUT2D eigenvalue weighted by Gasteiger charge is 2.20. The maximum absolute atomic E-state index is 12.5. The molecule has 33 heavy (non-hydrogen) atoms. The molecule has 10 heteroatoms. The Morgan fingerprint density at radius 3 is 2.67 bits per heavy atom. The van der Waals surface area contributed by atoms with Crippen molar-refractivity contribution in [2.24, 2.45) is 0 Å². The Labute approximate surface area is 197 Å². The Kier molecular flexibility index (Phi) is 7.66. The topological polar surface area (TPSA) is 94.4 Å². The van der Waals surface area contributed by atoms with Crippen molar-refractivity contribution < 1.29 is 14.3 Å². The van der Waals surface area contributed by atoms with E-state index < -0.39 is 0 Å². The molecular formula is C23H30N6O3S. The lowest BCUT2D eigenvalue weighted by molar-refractivity contribution is 0.0952. The molecule has 0 aliphatic carbocycles. The molecule has 1 saturated heterocycles. The summed E-state index contributed by atoms with van der Waals surface area (Å²) in [7, 11) is 0. The van der Waals surface area contributed by atoms with E-state index in [2.05, 4.69) is 29.2 Å². The van der Waals surface area contributed by atoms with Gasteiger partial charge in [-0.1, -0.05) is 25.6 Å². The van der Waals surface area contributed by atoms with E-state index in [1.807, 2.05) is 17.8 Å². The number of thioether (sulfide) groups is 1. The van der Waals surface area contributed by atoms with Crippen molar-refractivity contribution in [3.05, 3.63) is 36.0 Å². The number of rotatable bonds is 9. The van der Waals surface area contributed by atoms with Crippen molar-refractivity contribution in [1.82, 2.24) is 25.1 Å². The van der Waals surface area contributed by atoms with E-state index in [4.69, 9.17) is 19.4 Å². The summed E-state index contributed by atoms with van der Waals surface area (Å²) in [5.41, 5.74) is 1.38. The number of carbonyl (C=O) groups excluding carboxylic acids is 1. The Morgan fingerprint density at radius 2 is 1.97 bits per heavy atom. The molecule has 4 rings (SSSR count). The molecule has 3 heterocycles. The molecule has 1 aliphatic rings. The van der Waals surface area contributed by atoms with Gasteiger partial charge in [-0.15, -0.1) is 0 Å². The number of fused-ring (bicyclic) bond motifs is 1. The first-order valence-electron chi connectivity index (χ1n) is 11.3. The second-order valence-electron chi connectivity index (χ2n) is 7.91. The highest BCUT2D eigenvalue weighted by molar-refractivity contribution is 7.99. The number of amides is 1. The van der Waals surface area contributed by atoms with E-state index in [-0.39, 0.29) is 5.91 Å². The van der Waals surface area contributed by atoms with Gasteiger partial charge in [0.2, 0.25) is 0 Å². The standard InChI is InChI=1S/C23H30N6O3S/c1-4-32-18-7-5-17(6-8-18)22(30)24-9-10-29-21-19(15-25-29)20(28-11-13-31-14-12-28)26-23(27-21)33-16(2)3/h5-8,15-16H,4,9-14H2,1-3H3,(H,24,30). The maximum atomic E-state index is 12.5. The third-order valence-corrected chi connectivity index (χ3v) is 6.01. The average Bonchev–Trinajstić information content (AvgIpc) is 3.22. The lowest BCUT2D eigenvalue weighted by atomic mass is 10.2. The highest BCUT2D eigenvalue weighted by Crippen LogP contribution is 2.29. The molecule has 1 amide bonds. The second-order valence-corrected chi connectivity index (χ2v) is 9.46. The van der Waals surface area contributed by atoms with Crippen LogP contribution in [0.5, 0.6) is 5.75 Å². The van der Waals surface area contributed by atoms with Crippen LogP contribution in [0, 0.1) is 0 Å². The minimum Gasteiger partial charge on any atom is -0.494 e. The third-order valence-electron chi connectivity index (χ3n) is 5.14. The fourth-order valence-corrected chi connectivity index (χ4v) is 4.31. The predicted molar refractivity (Wildman–Crippen MR) is 129 cm³/mol. The van der Waals surface area contributed by atoms with E-state index in [9.17, 15) is 4.79 Å². The number of hydrogen-bond donors (Lipinski definition) is 1. The third kappa shape index (κ3) is 5.75. The Morgan fingerprint density at radius 1 is 1.21 bits per heavy atom. The summed E-state index contributed by atoms with van der Waals surface area (Å²) in [5, 5.41) is 9.53. The molecular weight excluding hydrogens is 440 g/mol. The number of hydrogen-bond acceptors (Lipinski definition) is 8. The van der Waals surface area contributed by atoms with Gasteiger partial charge in [-0.05, 0) is 31.2 Å². The van der Waals surface area contributed by atoms with Crippen molar-refractivity contribution in [3.8, 4) is 5.75 Å². The van der Waals surface area contributed by atoms with Gasteiger partial charge < -0.3 is 19.7 Å². The summed E-state index contributed by atoms with van der Waals surface area (Å²) >= 11 is 1.63. The molecule has 0 radical (unpaired) electrons. The van der Waals surface area contributed by atoms with Gasteiger partial charge in [0, 0.05) is 30.4 Å². The average molecular weight is 471 g/mol. The van der Waals surface area contributed by atoms with Crippen molar-refractivity contribution >= 4 is 34.5 Å². The van der Waals surface area contributed by atoms with E-state index in [0.29, 0.717) is 43.7 Å². The number of morpholine rings is 1. The minimum atomic E-state index is -0.130. The fraction of sp³-hybridized carbons (Fsp3) is 0.478. The Hall–Kier alpha value is -2.85. The molecule has 0 saturated carbocycles. The highest BCUT2D eigenvalue weighted by atomic mass is 32.2. The molecule has 0 atom stereocenters. The molecule has 0 bridgehead atoms. The molecule has 1 fully saturated rings. The van der Waals surface area contributed by atoms with Gasteiger partial charge in [0.05, 0.1) is 37.9 Å². The number of benzene rings is 1. The first-order valence-corrected chi connectivity index (χ1v) is 12.2. The van der Waals surface area contributed by atoms with Crippen LogP contribution in [0.25, 0.3) is 11.0 Å². The first kappa shape index (κ1) is 23.3. The van der Waals surface area contributed by atoms with Gasteiger partial charge in [0.1, 0.15) is 11.6 Å². The van der Waals surface area contributed by atoms with Crippen molar-refractivity contribution in [2.45, 2.75) is 37.7 Å². The summed E-state index contributed by atoms with van der Waals surface area (Å²) in [6.07, 6.45) is 1.82. The Balaban J connectivity index is 1.48. The van der Waals surface area contributed by atoms with Crippen LogP contribution in [-0.4, -0.2) is 70.4 Å². The number of nitrogens with one attached hydrogen (secondary N) is 1. The number of ether oxygens (including phenoxy) is 2. The molecule has 2 aromatic heterocycles. The van der Waals surface area contributed by atoms with Crippen LogP contribution < -0.4 is 15.0 Å². The number of aromatic nitrogens is 4. The molecule has 0 spiro atoms. The van der Waals surface area contributed by atoms with Crippen molar-refractivity contribution in [2.75, 3.05) is 44.4 Å². The molecule has 1 N–H and O–H groups in total. The number of nitrogens with zero attached hydrogens (tertiary/aromatic N) is 5. The summed E-state index contributed by atoms with van der Waals surface area (Å²) < 4.78 is 12.8. The van der Waals surface area contributed by atoms with Gasteiger partial charge in [0.25, 0.3) is 5.91 Å². The van der Waals surface area contributed by atoms with Gasteiger partial charge in [-0.3, -0.25) is 4.79 Å². The van der Waals surface area contributed by atoms with Gasteiger partial charge in [-0.2, -0.15) is 5.10 Å². The summed E-state index contributed by atoms with van der Waals surface area (Å²) in [6, 6.07) is 7.14. The monoisotopic (exact) mass is 470 g/mol. The SMILES string of the molecule is CCOc1ccc(C(=O)NCCn2ncc3c(N4CCOCC4)nc(SC(C)C)nc32)cc1. The van der Waals surface area contributed by atoms with Crippen molar-refractivity contribution in [3.63, 3.8) is 0 Å². The van der Waals surface area contributed by atoms with E-state index in [1.54, 1.807) is 36.0 Å². The zero-order valence-electron chi connectivity index (χ0n) is 19.3. The fourth-order valence-electron chi connectivity index (χ4n) is 3.61. The Bertz CT molecular complexity index is 1080. The van der Waals surface area contributed by atoms with E-state index >= 15 is 0 Å². The summed E-state index contributed by atoms with van der Waals surface area (Å²) in [4.78, 5) is 24.4. The molecule has 0 unspecified atom stereocenters. The zero-order valence-corrected chi connectivity index (χ0v) is 20.1. The van der Waals surface area contributed by atoms with Crippen LogP contribution in [-0.2, 0) is 11.3 Å². The molecule has 1 aromatic carbocycles. The first-order chi connectivity index (χ1) is 16.0. The van der Waals surface area contributed by atoms with E-state index in [0.717, 1.165) is 40.8 Å². The van der Waals surface area contributed by atoms with Gasteiger partial charge in [-0.25, -0.2) is 14.6 Å². The zero-order chi connectivity index (χ0) is 23.2. The van der Waals surface area contributed by atoms with Crippen LogP contribution in [0.2, 0.25) is 0 Å². The van der Waals surface area contributed by atoms with Crippen LogP contribution in [0.1, 0.15) is 31.1 Å². The lowest BCUT2D eigenvalue weighted by Crippen LogP contribution is -2.37.